The molecule has 106 valence electrons. The highest BCUT2D eigenvalue weighted by atomic mass is 16.6. The summed E-state index contributed by atoms with van der Waals surface area (Å²) in [4.78, 5) is 13.8. The minimum absolute atomic E-state index is 0.0581. The van der Waals surface area contributed by atoms with Gasteiger partial charge in [-0.15, -0.1) is 0 Å². The van der Waals surface area contributed by atoms with E-state index in [0.29, 0.717) is 0 Å². The number of hydrogen-bond donors (Lipinski definition) is 5. The van der Waals surface area contributed by atoms with Crippen LogP contribution in [0.3, 0.4) is 0 Å². The lowest BCUT2D eigenvalue weighted by Crippen LogP contribution is -2.43. The van der Waals surface area contributed by atoms with E-state index >= 15 is 0 Å². The van der Waals surface area contributed by atoms with Crippen LogP contribution in [-0.2, 0) is 0 Å². The van der Waals surface area contributed by atoms with Crippen LogP contribution in [0.2, 0.25) is 0 Å². The van der Waals surface area contributed by atoms with Crippen LogP contribution in [0.4, 0.5) is 11.5 Å². The van der Waals surface area contributed by atoms with Crippen molar-refractivity contribution in [1.82, 2.24) is 4.98 Å². The van der Waals surface area contributed by atoms with Gasteiger partial charge in [0.15, 0.2) is 0 Å². The van der Waals surface area contributed by atoms with Crippen molar-refractivity contribution >= 4 is 11.5 Å². The standard InChI is InChI=1S/C10H15N3O6/c14-5-8(16)9(17)7(15)4-12-10-6(13(18)19)2-1-3-11-10/h1-3,7-9,14-17H,4-5H2,(H,11,12)/t7-,8-,9+/m0/s1. The predicted octanol–water partition coefficient (Wildman–Crippen LogP) is -1.52. The Kier molecular flexibility index (Phi) is 5.57. The molecule has 0 aliphatic heterocycles. The van der Waals surface area contributed by atoms with Gasteiger partial charge in [0.2, 0.25) is 5.82 Å². The van der Waals surface area contributed by atoms with Crippen molar-refractivity contribution in [3.63, 3.8) is 0 Å². The van der Waals surface area contributed by atoms with Crippen LogP contribution in [0.15, 0.2) is 18.3 Å². The summed E-state index contributed by atoms with van der Waals surface area (Å²) in [5.41, 5.74) is -0.271. The van der Waals surface area contributed by atoms with Gasteiger partial charge < -0.3 is 25.7 Å². The minimum Gasteiger partial charge on any atom is -0.394 e. The summed E-state index contributed by atoms with van der Waals surface area (Å²) in [5.74, 6) is -0.0581. The molecule has 0 aromatic carbocycles. The second kappa shape index (κ2) is 6.95. The van der Waals surface area contributed by atoms with Crippen molar-refractivity contribution in [2.45, 2.75) is 18.3 Å². The van der Waals surface area contributed by atoms with E-state index in [9.17, 15) is 20.3 Å². The molecule has 1 rings (SSSR count). The highest BCUT2D eigenvalue weighted by molar-refractivity contribution is 5.55. The Morgan fingerprint density at radius 3 is 2.63 bits per heavy atom. The normalized spacial score (nSPS) is 15.6. The highest BCUT2D eigenvalue weighted by Crippen LogP contribution is 2.20. The Morgan fingerprint density at radius 2 is 2.05 bits per heavy atom. The Morgan fingerprint density at radius 1 is 1.37 bits per heavy atom. The number of pyridine rings is 1. The molecule has 19 heavy (non-hydrogen) atoms. The number of aliphatic hydroxyl groups excluding tert-OH is 4. The van der Waals surface area contributed by atoms with E-state index < -0.39 is 29.8 Å². The molecule has 9 heteroatoms. The monoisotopic (exact) mass is 273 g/mol. The maximum atomic E-state index is 10.7. The van der Waals surface area contributed by atoms with Gasteiger partial charge in [0, 0.05) is 18.8 Å². The molecule has 3 atom stereocenters. The zero-order valence-electron chi connectivity index (χ0n) is 9.88. The summed E-state index contributed by atoms with van der Waals surface area (Å²) < 4.78 is 0. The smallest absolute Gasteiger partial charge is 0.311 e. The van der Waals surface area contributed by atoms with Gasteiger partial charge in [0.25, 0.3) is 0 Å². The summed E-state index contributed by atoms with van der Waals surface area (Å²) >= 11 is 0. The van der Waals surface area contributed by atoms with Gasteiger partial charge in [0.05, 0.1) is 17.6 Å². The first kappa shape index (κ1) is 15.2. The predicted molar refractivity (Wildman–Crippen MR) is 64.5 cm³/mol. The molecule has 0 fully saturated rings. The van der Waals surface area contributed by atoms with E-state index in [-0.39, 0.29) is 18.1 Å². The molecule has 0 saturated heterocycles. The summed E-state index contributed by atoms with van der Waals surface area (Å²) in [7, 11) is 0. The lowest BCUT2D eigenvalue weighted by molar-refractivity contribution is -0.384. The van der Waals surface area contributed by atoms with Gasteiger partial charge >= 0.3 is 5.69 Å². The molecule has 0 bridgehead atoms. The molecule has 5 N–H and O–H groups in total. The quantitative estimate of drug-likeness (QED) is 0.297. The minimum atomic E-state index is -1.57. The molecule has 1 heterocycles. The molecule has 0 aliphatic rings. The van der Waals surface area contributed by atoms with Crippen molar-refractivity contribution in [3.8, 4) is 0 Å². The van der Waals surface area contributed by atoms with Gasteiger partial charge in [0.1, 0.15) is 12.2 Å². The van der Waals surface area contributed by atoms with Crippen molar-refractivity contribution in [3.05, 3.63) is 28.4 Å². The fourth-order valence-electron chi connectivity index (χ4n) is 1.37. The fraction of sp³-hybridized carbons (Fsp3) is 0.500. The number of hydrogen-bond acceptors (Lipinski definition) is 8. The van der Waals surface area contributed by atoms with Crippen LogP contribution in [0.1, 0.15) is 0 Å². The maximum Gasteiger partial charge on any atom is 0.311 e. The van der Waals surface area contributed by atoms with E-state index in [1.807, 2.05) is 0 Å². The van der Waals surface area contributed by atoms with E-state index in [1.54, 1.807) is 0 Å². The molecule has 0 aliphatic carbocycles. The Balaban J connectivity index is 2.64. The third kappa shape index (κ3) is 4.10. The van der Waals surface area contributed by atoms with E-state index in [4.69, 9.17) is 10.2 Å². The molecular weight excluding hydrogens is 258 g/mol. The van der Waals surface area contributed by atoms with Crippen molar-refractivity contribution in [2.75, 3.05) is 18.5 Å². The molecule has 9 nitrogen and oxygen atoms in total. The second-order valence-electron chi connectivity index (χ2n) is 3.82. The number of anilines is 1. The third-order valence-corrected chi connectivity index (χ3v) is 2.44. The van der Waals surface area contributed by atoms with E-state index in [1.165, 1.54) is 18.3 Å². The first-order chi connectivity index (χ1) is 8.97. The SMILES string of the molecule is O=[N+]([O-])c1cccnc1NC[C@H](O)[C@@H](O)[C@@H](O)CO. The number of aliphatic hydroxyl groups is 4. The van der Waals surface area contributed by atoms with Gasteiger partial charge in [-0.25, -0.2) is 4.98 Å². The molecule has 0 spiro atoms. The van der Waals surface area contributed by atoms with E-state index in [0.717, 1.165) is 0 Å². The average molecular weight is 273 g/mol. The summed E-state index contributed by atoms with van der Waals surface area (Å²) in [6.45, 7) is -0.974. The Bertz CT molecular complexity index is 429. The first-order valence-corrected chi connectivity index (χ1v) is 5.45. The zero-order valence-corrected chi connectivity index (χ0v) is 9.88. The molecular formula is C10H15N3O6. The average Bonchev–Trinajstić information content (AvgIpc) is 2.43. The van der Waals surface area contributed by atoms with Gasteiger partial charge in [-0.3, -0.25) is 10.1 Å². The molecule has 0 unspecified atom stereocenters. The lowest BCUT2D eigenvalue weighted by Gasteiger charge is -2.21. The number of rotatable bonds is 7. The summed E-state index contributed by atoms with van der Waals surface area (Å²) in [5, 5.41) is 49.8. The van der Waals surface area contributed by atoms with Gasteiger partial charge in [-0.1, -0.05) is 0 Å². The van der Waals surface area contributed by atoms with Gasteiger partial charge in [-0.05, 0) is 6.07 Å². The van der Waals surface area contributed by atoms with Crippen molar-refractivity contribution in [1.29, 1.82) is 0 Å². The fourth-order valence-corrected chi connectivity index (χ4v) is 1.37. The van der Waals surface area contributed by atoms with Crippen LogP contribution in [0, 0.1) is 10.1 Å². The maximum absolute atomic E-state index is 10.7. The molecule has 1 aromatic rings. The van der Waals surface area contributed by atoms with Crippen LogP contribution in [-0.4, -0.2) is 61.8 Å². The molecule has 0 amide bonds. The van der Waals surface area contributed by atoms with Crippen molar-refractivity contribution < 1.29 is 25.3 Å². The number of nitrogens with one attached hydrogen (secondary N) is 1. The number of nitrogens with zero attached hydrogens (tertiary/aromatic N) is 2. The van der Waals surface area contributed by atoms with Crippen LogP contribution < -0.4 is 5.32 Å². The molecule has 0 saturated carbocycles. The Labute approximate surface area is 108 Å². The number of nitro groups is 1. The molecule has 1 aromatic heterocycles. The largest absolute Gasteiger partial charge is 0.394 e. The third-order valence-electron chi connectivity index (χ3n) is 2.44. The summed E-state index contributed by atoms with van der Waals surface area (Å²) in [6.07, 6.45) is -3.14. The topological polar surface area (TPSA) is 149 Å². The highest BCUT2D eigenvalue weighted by Gasteiger charge is 2.24. The molecule has 0 radical (unpaired) electrons. The number of aromatic nitrogens is 1. The van der Waals surface area contributed by atoms with Crippen LogP contribution >= 0.6 is 0 Å². The van der Waals surface area contributed by atoms with Crippen LogP contribution in [0.5, 0.6) is 0 Å². The van der Waals surface area contributed by atoms with Crippen molar-refractivity contribution in [2.24, 2.45) is 0 Å². The zero-order chi connectivity index (χ0) is 14.4. The lowest BCUT2D eigenvalue weighted by atomic mass is 10.1. The van der Waals surface area contributed by atoms with Gasteiger partial charge in [-0.2, -0.15) is 0 Å². The first-order valence-electron chi connectivity index (χ1n) is 5.45. The summed E-state index contributed by atoms with van der Waals surface area (Å²) in [6, 6.07) is 2.63. The van der Waals surface area contributed by atoms with Crippen LogP contribution in [0.25, 0.3) is 0 Å². The van der Waals surface area contributed by atoms with E-state index in [2.05, 4.69) is 10.3 Å². The second-order valence-corrected chi connectivity index (χ2v) is 3.82. The Hall–Kier alpha value is -1.81.